The Balaban J connectivity index is 1.46. The maximum atomic E-state index is 4.22. The van der Waals surface area contributed by atoms with Gasteiger partial charge in [0.25, 0.3) is 0 Å². The molecule has 4 heteroatoms. The van der Waals surface area contributed by atoms with Crippen molar-refractivity contribution in [1.29, 1.82) is 0 Å². The first-order chi connectivity index (χ1) is 9.92. The molecule has 0 spiro atoms. The number of benzene rings is 1. The van der Waals surface area contributed by atoms with Crippen LogP contribution in [0.1, 0.15) is 24.8 Å². The Kier molecular flexibility index (Phi) is 4.43. The van der Waals surface area contributed by atoms with E-state index in [1.54, 1.807) is 6.33 Å². The fourth-order valence-corrected chi connectivity index (χ4v) is 3.07. The van der Waals surface area contributed by atoms with Gasteiger partial charge in [-0.15, -0.1) is 0 Å². The molecule has 1 aromatic carbocycles. The van der Waals surface area contributed by atoms with Crippen LogP contribution in [0.15, 0.2) is 43.0 Å². The van der Waals surface area contributed by atoms with Crippen molar-refractivity contribution in [2.45, 2.75) is 38.3 Å². The minimum Gasteiger partial charge on any atom is -0.299 e. The second-order valence-electron chi connectivity index (χ2n) is 5.54. The summed E-state index contributed by atoms with van der Waals surface area (Å²) in [5, 5.41) is 4.22. The van der Waals surface area contributed by atoms with Crippen molar-refractivity contribution in [3.8, 4) is 0 Å². The van der Waals surface area contributed by atoms with Gasteiger partial charge in [0, 0.05) is 6.04 Å². The smallest absolute Gasteiger partial charge is 0.137 e. The van der Waals surface area contributed by atoms with Crippen LogP contribution in [0.25, 0.3) is 0 Å². The van der Waals surface area contributed by atoms with E-state index in [4.69, 9.17) is 0 Å². The lowest BCUT2D eigenvalue weighted by atomic mass is 10.1. The summed E-state index contributed by atoms with van der Waals surface area (Å²) < 4.78 is 1.96. The van der Waals surface area contributed by atoms with Crippen LogP contribution in [0, 0.1) is 0 Å². The number of aryl methyl sites for hydroxylation is 1. The van der Waals surface area contributed by atoms with Gasteiger partial charge in [-0.3, -0.25) is 9.58 Å². The van der Waals surface area contributed by atoms with Crippen molar-refractivity contribution >= 4 is 0 Å². The summed E-state index contributed by atoms with van der Waals surface area (Å²) in [5.41, 5.74) is 1.44. The third-order valence-corrected chi connectivity index (χ3v) is 4.12. The largest absolute Gasteiger partial charge is 0.299 e. The zero-order chi connectivity index (χ0) is 13.6. The zero-order valence-electron chi connectivity index (χ0n) is 11.9. The van der Waals surface area contributed by atoms with Gasteiger partial charge in [0.1, 0.15) is 12.7 Å². The Morgan fingerprint density at radius 1 is 1.20 bits per heavy atom. The molecule has 0 amide bonds. The average Bonchev–Trinajstić information content (AvgIpc) is 3.13. The summed E-state index contributed by atoms with van der Waals surface area (Å²) in [6, 6.07) is 11.4. The fraction of sp³-hybridized carbons (Fsp3) is 0.500. The Bertz CT molecular complexity index is 494. The number of aromatic nitrogens is 3. The maximum Gasteiger partial charge on any atom is 0.137 e. The second kappa shape index (κ2) is 6.66. The summed E-state index contributed by atoms with van der Waals surface area (Å²) >= 11 is 0. The highest BCUT2D eigenvalue weighted by Gasteiger charge is 2.24. The number of hydrogen-bond donors (Lipinski definition) is 0. The Morgan fingerprint density at radius 3 is 2.90 bits per heavy atom. The average molecular weight is 270 g/mol. The van der Waals surface area contributed by atoms with E-state index in [-0.39, 0.29) is 0 Å². The van der Waals surface area contributed by atoms with Crippen LogP contribution in [0.5, 0.6) is 0 Å². The molecule has 2 aromatic rings. The molecule has 2 heterocycles. The monoisotopic (exact) mass is 270 g/mol. The van der Waals surface area contributed by atoms with Crippen molar-refractivity contribution in [1.82, 2.24) is 19.7 Å². The van der Waals surface area contributed by atoms with Gasteiger partial charge in [-0.05, 0) is 44.3 Å². The molecule has 0 bridgehead atoms. The second-order valence-corrected chi connectivity index (χ2v) is 5.54. The van der Waals surface area contributed by atoms with E-state index in [1.165, 1.54) is 44.3 Å². The molecule has 0 radical (unpaired) electrons. The highest BCUT2D eigenvalue weighted by molar-refractivity contribution is 5.14. The zero-order valence-corrected chi connectivity index (χ0v) is 11.9. The molecule has 1 aromatic heterocycles. The van der Waals surface area contributed by atoms with Crippen molar-refractivity contribution in [2.24, 2.45) is 0 Å². The Hall–Kier alpha value is -1.68. The molecule has 0 N–H and O–H groups in total. The Labute approximate surface area is 120 Å². The predicted molar refractivity (Wildman–Crippen MR) is 79.4 cm³/mol. The minimum absolute atomic E-state index is 0.632. The molecule has 1 saturated heterocycles. The summed E-state index contributed by atoms with van der Waals surface area (Å²) in [4.78, 5) is 6.64. The SMILES string of the molecule is c1ccc(CCCN2CCC[C@@H]2Cn2cncn2)cc1. The fourth-order valence-electron chi connectivity index (χ4n) is 3.07. The minimum atomic E-state index is 0.632. The van der Waals surface area contributed by atoms with Gasteiger partial charge in [0.05, 0.1) is 6.54 Å². The van der Waals surface area contributed by atoms with Crippen molar-refractivity contribution < 1.29 is 0 Å². The number of hydrogen-bond acceptors (Lipinski definition) is 3. The van der Waals surface area contributed by atoms with Gasteiger partial charge in [0.15, 0.2) is 0 Å². The topological polar surface area (TPSA) is 34.0 Å². The van der Waals surface area contributed by atoms with E-state index in [1.807, 2.05) is 11.0 Å². The van der Waals surface area contributed by atoms with Gasteiger partial charge in [-0.2, -0.15) is 5.10 Å². The summed E-state index contributed by atoms with van der Waals surface area (Å²) in [6.07, 6.45) is 8.44. The number of likely N-dealkylation sites (tertiary alicyclic amines) is 1. The van der Waals surface area contributed by atoms with E-state index in [0.29, 0.717) is 6.04 Å². The molecule has 1 fully saturated rings. The van der Waals surface area contributed by atoms with Crippen molar-refractivity contribution in [3.05, 3.63) is 48.5 Å². The van der Waals surface area contributed by atoms with E-state index in [2.05, 4.69) is 45.3 Å². The van der Waals surface area contributed by atoms with Crippen LogP contribution in [0.3, 0.4) is 0 Å². The number of rotatable bonds is 6. The van der Waals surface area contributed by atoms with E-state index >= 15 is 0 Å². The molecular weight excluding hydrogens is 248 g/mol. The maximum absolute atomic E-state index is 4.22. The van der Waals surface area contributed by atoms with Crippen LogP contribution in [-0.4, -0.2) is 38.8 Å². The molecular formula is C16H22N4. The van der Waals surface area contributed by atoms with Crippen LogP contribution in [-0.2, 0) is 13.0 Å². The van der Waals surface area contributed by atoms with E-state index < -0.39 is 0 Å². The summed E-state index contributed by atoms with van der Waals surface area (Å²) in [6.45, 7) is 3.40. The predicted octanol–water partition coefficient (Wildman–Crippen LogP) is 2.38. The van der Waals surface area contributed by atoms with Crippen LogP contribution < -0.4 is 0 Å². The van der Waals surface area contributed by atoms with Crippen LogP contribution >= 0.6 is 0 Å². The first kappa shape index (κ1) is 13.3. The van der Waals surface area contributed by atoms with Gasteiger partial charge < -0.3 is 0 Å². The van der Waals surface area contributed by atoms with Crippen molar-refractivity contribution in [2.75, 3.05) is 13.1 Å². The first-order valence-electron chi connectivity index (χ1n) is 7.52. The molecule has 3 rings (SSSR count). The lowest BCUT2D eigenvalue weighted by Crippen LogP contribution is -2.34. The molecule has 1 aliphatic rings. The first-order valence-corrected chi connectivity index (χ1v) is 7.52. The summed E-state index contributed by atoms with van der Waals surface area (Å²) in [5.74, 6) is 0. The molecule has 1 aliphatic heterocycles. The molecule has 0 aliphatic carbocycles. The lowest BCUT2D eigenvalue weighted by Gasteiger charge is -2.24. The molecule has 0 unspecified atom stereocenters. The van der Waals surface area contributed by atoms with Gasteiger partial charge in [-0.25, -0.2) is 4.98 Å². The van der Waals surface area contributed by atoms with Crippen LogP contribution in [0.2, 0.25) is 0 Å². The standard InChI is InChI=1S/C16H22N4/c1-2-6-15(7-3-1)8-4-10-19-11-5-9-16(19)12-20-14-17-13-18-20/h1-3,6-7,13-14,16H,4-5,8-12H2/t16-/m1/s1. The normalized spacial score (nSPS) is 19.5. The highest BCUT2D eigenvalue weighted by Crippen LogP contribution is 2.19. The third-order valence-electron chi connectivity index (χ3n) is 4.12. The van der Waals surface area contributed by atoms with E-state index in [0.717, 1.165) is 6.54 Å². The Morgan fingerprint density at radius 2 is 2.10 bits per heavy atom. The molecule has 0 saturated carbocycles. The summed E-state index contributed by atoms with van der Waals surface area (Å²) in [7, 11) is 0. The van der Waals surface area contributed by atoms with Crippen molar-refractivity contribution in [3.63, 3.8) is 0 Å². The molecule has 4 nitrogen and oxygen atoms in total. The molecule has 1 atom stereocenters. The lowest BCUT2D eigenvalue weighted by molar-refractivity contribution is 0.224. The van der Waals surface area contributed by atoms with Gasteiger partial charge >= 0.3 is 0 Å². The third kappa shape index (κ3) is 3.45. The van der Waals surface area contributed by atoms with Gasteiger partial charge in [0.2, 0.25) is 0 Å². The number of nitrogens with zero attached hydrogens (tertiary/aromatic N) is 4. The highest BCUT2D eigenvalue weighted by atomic mass is 15.3. The molecule has 20 heavy (non-hydrogen) atoms. The van der Waals surface area contributed by atoms with Gasteiger partial charge in [-0.1, -0.05) is 30.3 Å². The van der Waals surface area contributed by atoms with E-state index in [9.17, 15) is 0 Å². The van der Waals surface area contributed by atoms with Crippen LogP contribution in [0.4, 0.5) is 0 Å². The quantitative estimate of drug-likeness (QED) is 0.808. The molecule has 106 valence electrons.